The van der Waals surface area contributed by atoms with Gasteiger partial charge in [0.1, 0.15) is 0 Å². The molecule has 1 N–H and O–H groups in total. The number of cyclic esters (lactones) is 1. The summed E-state index contributed by atoms with van der Waals surface area (Å²) in [5.41, 5.74) is -0.806. The van der Waals surface area contributed by atoms with Gasteiger partial charge < -0.3 is 9.84 Å². The monoisotopic (exact) mass is 184 g/mol. The van der Waals surface area contributed by atoms with Crippen molar-refractivity contribution >= 4 is 5.97 Å². The van der Waals surface area contributed by atoms with Crippen molar-refractivity contribution in [1.82, 2.24) is 0 Å². The highest BCUT2D eigenvalue weighted by molar-refractivity contribution is 5.78. The molecule has 1 fully saturated rings. The Bertz CT molecular complexity index is 224. The van der Waals surface area contributed by atoms with Gasteiger partial charge in [0, 0.05) is 5.92 Å². The van der Waals surface area contributed by atoms with Crippen LogP contribution in [0.1, 0.15) is 20.3 Å². The van der Waals surface area contributed by atoms with Crippen molar-refractivity contribution in [2.24, 2.45) is 11.3 Å². The summed E-state index contributed by atoms with van der Waals surface area (Å²) in [5, 5.41) is 9.85. The van der Waals surface area contributed by atoms with E-state index in [1.807, 2.05) is 6.92 Å². The standard InChI is InChI=1S/C10H16O3/c1-4-5-10(3)8(11)7(2)6-13-9(10)12/h4,7-8,11H,1,5-6H2,2-3H3/t7-,8+,10+/m0/s1. The number of esters is 1. The lowest BCUT2D eigenvalue weighted by atomic mass is 9.74. The Morgan fingerprint density at radius 2 is 2.46 bits per heavy atom. The fourth-order valence-corrected chi connectivity index (χ4v) is 1.72. The van der Waals surface area contributed by atoms with Gasteiger partial charge >= 0.3 is 5.97 Å². The van der Waals surface area contributed by atoms with Crippen LogP contribution in [-0.2, 0) is 9.53 Å². The molecule has 0 aromatic rings. The van der Waals surface area contributed by atoms with Crippen LogP contribution < -0.4 is 0 Å². The lowest BCUT2D eigenvalue weighted by molar-refractivity contribution is -0.180. The average molecular weight is 184 g/mol. The number of allylic oxidation sites excluding steroid dienone is 1. The van der Waals surface area contributed by atoms with E-state index in [2.05, 4.69) is 6.58 Å². The Morgan fingerprint density at radius 3 is 3.00 bits per heavy atom. The molecule has 3 nitrogen and oxygen atoms in total. The highest BCUT2D eigenvalue weighted by Gasteiger charge is 2.47. The Morgan fingerprint density at radius 1 is 1.85 bits per heavy atom. The molecular weight excluding hydrogens is 168 g/mol. The molecule has 0 aromatic carbocycles. The number of rotatable bonds is 2. The molecule has 1 aliphatic rings. The van der Waals surface area contributed by atoms with E-state index in [4.69, 9.17) is 4.74 Å². The summed E-state index contributed by atoms with van der Waals surface area (Å²) in [5.74, 6) is -0.319. The molecule has 74 valence electrons. The predicted octanol–water partition coefficient (Wildman–Crippen LogP) is 1.12. The van der Waals surface area contributed by atoms with Crippen molar-refractivity contribution in [1.29, 1.82) is 0 Å². The second-order valence-corrected chi connectivity index (χ2v) is 3.93. The van der Waals surface area contributed by atoms with E-state index in [0.717, 1.165) is 0 Å². The Balaban J connectivity index is 2.87. The van der Waals surface area contributed by atoms with E-state index in [0.29, 0.717) is 13.0 Å². The first-order valence-electron chi connectivity index (χ1n) is 4.48. The molecule has 0 bridgehead atoms. The van der Waals surface area contributed by atoms with Gasteiger partial charge in [0.25, 0.3) is 0 Å². The summed E-state index contributed by atoms with van der Waals surface area (Å²) >= 11 is 0. The van der Waals surface area contributed by atoms with Crippen LogP contribution in [0.5, 0.6) is 0 Å². The first-order valence-corrected chi connectivity index (χ1v) is 4.48. The first kappa shape index (κ1) is 10.3. The van der Waals surface area contributed by atoms with E-state index < -0.39 is 11.5 Å². The fourth-order valence-electron chi connectivity index (χ4n) is 1.72. The highest BCUT2D eigenvalue weighted by Crippen LogP contribution is 2.36. The minimum atomic E-state index is -0.806. The van der Waals surface area contributed by atoms with Gasteiger partial charge in [-0.2, -0.15) is 0 Å². The molecule has 0 aromatic heterocycles. The molecule has 1 rings (SSSR count). The maximum absolute atomic E-state index is 11.4. The second-order valence-electron chi connectivity index (χ2n) is 3.93. The predicted molar refractivity (Wildman–Crippen MR) is 49.1 cm³/mol. The van der Waals surface area contributed by atoms with Crippen molar-refractivity contribution in [3.8, 4) is 0 Å². The average Bonchev–Trinajstić information content (AvgIpc) is 2.10. The number of aliphatic hydroxyl groups excluding tert-OH is 1. The van der Waals surface area contributed by atoms with Gasteiger partial charge in [-0.3, -0.25) is 4.79 Å². The van der Waals surface area contributed by atoms with Crippen LogP contribution in [0.25, 0.3) is 0 Å². The zero-order valence-corrected chi connectivity index (χ0v) is 8.12. The van der Waals surface area contributed by atoms with Crippen molar-refractivity contribution in [3.05, 3.63) is 12.7 Å². The third kappa shape index (κ3) is 1.61. The normalized spacial score (nSPS) is 39.8. The van der Waals surface area contributed by atoms with Gasteiger partial charge in [0.2, 0.25) is 0 Å². The molecule has 3 atom stereocenters. The summed E-state index contributed by atoms with van der Waals surface area (Å²) in [6.45, 7) is 7.48. The third-order valence-electron chi connectivity index (χ3n) is 2.70. The van der Waals surface area contributed by atoms with E-state index in [1.165, 1.54) is 0 Å². The van der Waals surface area contributed by atoms with Crippen molar-refractivity contribution in [3.63, 3.8) is 0 Å². The molecule has 0 aliphatic carbocycles. The van der Waals surface area contributed by atoms with E-state index in [-0.39, 0.29) is 11.9 Å². The second kappa shape index (κ2) is 3.50. The maximum Gasteiger partial charge on any atom is 0.314 e. The molecular formula is C10H16O3. The van der Waals surface area contributed by atoms with Crippen LogP contribution in [0.3, 0.4) is 0 Å². The molecule has 13 heavy (non-hydrogen) atoms. The van der Waals surface area contributed by atoms with Crippen molar-refractivity contribution < 1.29 is 14.6 Å². The molecule has 0 radical (unpaired) electrons. The molecule has 1 heterocycles. The quantitative estimate of drug-likeness (QED) is 0.516. The van der Waals surface area contributed by atoms with Gasteiger partial charge in [0.05, 0.1) is 18.1 Å². The van der Waals surface area contributed by atoms with Gasteiger partial charge in [-0.25, -0.2) is 0 Å². The van der Waals surface area contributed by atoms with E-state index >= 15 is 0 Å². The summed E-state index contributed by atoms with van der Waals surface area (Å²) in [6, 6.07) is 0. The maximum atomic E-state index is 11.4. The van der Waals surface area contributed by atoms with Gasteiger partial charge in [-0.05, 0) is 13.3 Å². The molecule has 1 saturated heterocycles. The Hall–Kier alpha value is -0.830. The number of aliphatic hydroxyl groups is 1. The summed E-state index contributed by atoms with van der Waals surface area (Å²) < 4.78 is 4.98. The molecule has 1 aliphatic heterocycles. The molecule has 0 saturated carbocycles. The van der Waals surface area contributed by atoms with Gasteiger partial charge in [-0.1, -0.05) is 13.0 Å². The Kier molecular flexibility index (Phi) is 2.76. The van der Waals surface area contributed by atoms with Crippen LogP contribution in [0.15, 0.2) is 12.7 Å². The van der Waals surface area contributed by atoms with Crippen LogP contribution in [0, 0.1) is 11.3 Å². The van der Waals surface area contributed by atoms with E-state index in [9.17, 15) is 9.90 Å². The summed E-state index contributed by atoms with van der Waals surface area (Å²) in [7, 11) is 0. The fraction of sp³-hybridized carbons (Fsp3) is 0.700. The number of carbonyl (C=O) groups is 1. The van der Waals surface area contributed by atoms with Gasteiger partial charge in [0.15, 0.2) is 0 Å². The third-order valence-corrected chi connectivity index (χ3v) is 2.70. The zero-order chi connectivity index (χ0) is 10.1. The first-order chi connectivity index (χ1) is 6.02. The largest absolute Gasteiger partial charge is 0.465 e. The minimum Gasteiger partial charge on any atom is -0.465 e. The van der Waals surface area contributed by atoms with Crippen LogP contribution >= 0.6 is 0 Å². The lowest BCUT2D eigenvalue weighted by Gasteiger charge is -2.39. The number of hydrogen-bond donors (Lipinski definition) is 1. The van der Waals surface area contributed by atoms with Crippen molar-refractivity contribution in [2.45, 2.75) is 26.4 Å². The minimum absolute atomic E-state index is 0.00245. The highest BCUT2D eigenvalue weighted by atomic mass is 16.5. The van der Waals surface area contributed by atoms with Crippen LogP contribution in [0.2, 0.25) is 0 Å². The lowest BCUT2D eigenvalue weighted by Crippen LogP contribution is -2.50. The SMILES string of the molecule is C=CC[C@@]1(C)C(=O)OC[C@H](C)[C@H]1O. The zero-order valence-electron chi connectivity index (χ0n) is 8.12. The van der Waals surface area contributed by atoms with Crippen LogP contribution in [-0.4, -0.2) is 23.8 Å². The number of hydrogen-bond acceptors (Lipinski definition) is 3. The van der Waals surface area contributed by atoms with Crippen LogP contribution in [0.4, 0.5) is 0 Å². The molecule has 0 unspecified atom stereocenters. The van der Waals surface area contributed by atoms with Crippen molar-refractivity contribution in [2.75, 3.05) is 6.61 Å². The number of ether oxygens (including phenoxy) is 1. The molecule has 0 spiro atoms. The topological polar surface area (TPSA) is 46.5 Å². The number of carbonyl (C=O) groups excluding carboxylic acids is 1. The smallest absolute Gasteiger partial charge is 0.314 e. The Labute approximate surface area is 78.4 Å². The van der Waals surface area contributed by atoms with E-state index in [1.54, 1.807) is 13.0 Å². The van der Waals surface area contributed by atoms with Gasteiger partial charge in [-0.15, -0.1) is 6.58 Å². The molecule has 0 amide bonds. The summed E-state index contributed by atoms with van der Waals surface area (Å²) in [6.07, 6.45) is 1.46. The molecule has 3 heteroatoms. The summed E-state index contributed by atoms with van der Waals surface area (Å²) in [4.78, 5) is 11.4.